The maximum absolute atomic E-state index is 11.4. The van der Waals surface area contributed by atoms with Crippen molar-refractivity contribution in [3.63, 3.8) is 0 Å². The van der Waals surface area contributed by atoms with Gasteiger partial charge in [-0.3, -0.25) is 0 Å². The summed E-state index contributed by atoms with van der Waals surface area (Å²) in [6.07, 6.45) is 0. The summed E-state index contributed by atoms with van der Waals surface area (Å²) < 4.78 is 4.52. The monoisotopic (exact) mass is 240 g/mol. The maximum atomic E-state index is 11.4. The van der Waals surface area contributed by atoms with Gasteiger partial charge in [-0.2, -0.15) is 0 Å². The number of aromatic hydroxyl groups is 2. The lowest BCUT2D eigenvalue weighted by molar-refractivity contribution is 0.0597. The van der Waals surface area contributed by atoms with Gasteiger partial charge in [0, 0.05) is 17.0 Å². The predicted octanol–water partition coefficient (Wildman–Crippen LogP) is 1.15. The van der Waals surface area contributed by atoms with E-state index in [1.165, 1.54) is 13.2 Å². The van der Waals surface area contributed by atoms with Crippen molar-refractivity contribution in [3.8, 4) is 11.5 Å². The Bertz CT molecular complexity index is 437. The number of ether oxygens (including phenoxy) is 1. The summed E-state index contributed by atoms with van der Waals surface area (Å²) in [4.78, 5) is 11.4. The number of aliphatic hydroxyl groups is 1. The number of rotatable bonds is 3. The zero-order valence-electron chi connectivity index (χ0n) is 10.0. The van der Waals surface area contributed by atoms with Crippen LogP contribution in [0.4, 0.5) is 0 Å². The molecule has 0 aliphatic rings. The zero-order chi connectivity index (χ0) is 13.2. The molecule has 0 aromatic heterocycles. The first-order valence-corrected chi connectivity index (χ1v) is 5.09. The minimum Gasteiger partial charge on any atom is -0.508 e. The Morgan fingerprint density at radius 2 is 1.88 bits per heavy atom. The van der Waals surface area contributed by atoms with Gasteiger partial charge >= 0.3 is 5.97 Å². The topological polar surface area (TPSA) is 87.0 Å². The maximum Gasteiger partial charge on any atom is 0.341 e. The van der Waals surface area contributed by atoms with E-state index in [0.29, 0.717) is 5.56 Å². The number of esters is 1. The molecule has 0 bridgehead atoms. The standard InChI is InChI=1S/C12H16O5/c1-12(2,6-13)8-4-7(11(16)17-3)9(14)5-10(8)15/h4-5,13-15H,6H2,1-3H3. The highest BCUT2D eigenvalue weighted by Crippen LogP contribution is 2.35. The largest absolute Gasteiger partial charge is 0.508 e. The molecule has 0 unspecified atom stereocenters. The van der Waals surface area contributed by atoms with E-state index in [9.17, 15) is 20.1 Å². The number of carbonyl (C=O) groups is 1. The van der Waals surface area contributed by atoms with Crippen molar-refractivity contribution in [2.75, 3.05) is 13.7 Å². The molecule has 0 atom stereocenters. The van der Waals surface area contributed by atoms with Crippen molar-refractivity contribution in [2.45, 2.75) is 19.3 Å². The van der Waals surface area contributed by atoms with Crippen LogP contribution in [-0.2, 0) is 10.2 Å². The highest BCUT2D eigenvalue weighted by atomic mass is 16.5. The van der Waals surface area contributed by atoms with Crippen molar-refractivity contribution in [3.05, 3.63) is 23.3 Å². The van der Waals surface area contributed by atoms with E-state index in [2.05, 4.69) is 4.74 Å². The number of carbonyl (C=O) groups excluding carboxylic acids is 1. The summed E-state index contributed by atoms with van der Waals surface area (Å²) in [5, 5.41) is 28.5. The highest BCUT2D eigenvalue weighted by Gasteiger charge is 2.26. The molecule has 17 heavy (non-hydrogen) atoms. The van der Waals surface area contributed by atoms with Crippen molar-refractivity contribution >= 4 is 5.97 Å². The van der Waals surface area contributed by atoms with E-state index >= 15 is 0 Å². The molecule has 1 aromatic carbocycles. The van der Waals surface area contributed by atoms with Crippen molar-refractivity contribution < 1.29 is 24.9 Å². The number of phenols is 2. The van der Waals surface area contributed by atoms with Crippen LogP contribution >= 0.6 is 0 Å². The van der Waals surface area contributed by atoms with Crippen molar-refractivity contribution in [1.29, 1.82) is 0 Å². The first-order chi connectivity index (χ1) is 7.83. The Morgan fingerprint density at radius 1 is 1.29 bits per heavy atom. The van der Waals surface area contributed by atoms with Gasteiger partial charge in [0.15, 0.2) is 0 Å². The van der Waals surface area contributed by atoms with Gasteiger partial charge in [0.05, 0.1) is 13.7 Å². The predicted molar refractivity (Wildman–Crippen MR) is 61.2 cm³/mol. The average Bonchev–Trinajstić information content (AvgIpc) is 2.27. The highest BCUT2D eigenvalue weighted by molar-refractivity contribution is 5.93. The Morgan fingerprint density at radius 3 is 2.35 bits per heavy atom. The molecular formula is C12H16O5. The summed E-state index contributed by atoms with van der Waals surface area (Å²) in [7, 11) is 1.20. The normalized spacial score (nSPS) is 11.3. The van der Waals surface area contributed by atoms with E-state index in [4.69, 9.17) is 0 Å². The van der Waals surface area contributed by atoms with Crippen LogP contribution in [-0.4, -0.2) is 35.0 Å². The summed E-state index contributed by atoms with van der Waals surface area (Å²) in [5.74, 6) is -1.22. The van der Waals surface area contributed by atoms with Crippen LogP contribution in [0, 0.1) is 0 Å². The average molecular weight is 240 g/mol. The zero-order valence-corrected chi connectivity index (χ0v) is 10.0. The van der Waals surface area contributed by atoms with Gasteiger partial charge in [-0.15, -0.1) is 0 Å². The molecule has 1 aromatic rings. The minimum atomic E-state index is -0.722. The molecule has 1 rings (SSSR count). The molecule has 0 radical (unpaired) electrons. The molecule has 5 heteroatoms. The van der Waals surface area contributed by atoms with Gasteiger partial charge < -0.3 is 20.1 Å². The molecular weight excluding hydrogens is 224 g/mol. The lowest BCUT2D eigenvalue weighted by Gasteiger charge is -2.24. The van der Waals surface area contributed by atoms with Gasteiger partial charge in [0.25, 0.3) is 0 Å². The molecule has 0 amide bonds. The van der Waals surface area contributed by atoms with E-state index in [-0.39, 0.29) is 23.7 Å². The van der Waals surface area contributed by atoms with Gasteiger partial charge in [0.2, 0.25) is 0 Å². The molecule has 5 nitrogen and oxygen atoms in total. The molecule has 3 N–H and O–H groups in total. The van der Waals surface area contributed by atoms with Crippen LogP contribution in [0.5, 0.6) is 11.5 Å². The number of aliphatic hydroxyl groups excluding tert-OH is 1. The fourth-order valence-corrected chi connectivity index (χ4v) is 1.48. The fourth-order valence-electron chi connectivity index (χ4n) is 1.48. The first-order valence-electron chi connectivity index (χ1n) is 5.09. The van der Waals surface area contributed by atoms with Gasteiger partial charge in [0.1, 0.15) is 17.1 Å². The Hall–Kier alpha value is -1.75. The van der Waals surface area contributed by atoms with Crippen molar-refractivity contribution in [1.82, 2.24) is 0 Å². The second kappa shape index (κ2) is 4.63. The Kier molecular flexibility index (Phi) is 3.63. The van der Waals surface area contributed by atoms with Gasteiger partial charge in [-0.1, -0.05) is 13.8 Å². The van der Waals surface area contributed by atoms with Crippen LogP contribution in [0.25, 0.3) is 0 Å². The SMILES string of the molecule is COC(=O)c1cc(C(C)(C)CO)c(O)cc1O. The van der Waals surface area contributed by atoms with Crippen LogP contribution in [0.1, 0.15) is 29.8 Å². The van der Waals surface area contributed by atoms with Crippen molar-refractivity contribution in [2.24, 2.45) is 0 Å². The quantitative estimate of drug-likeness (QED) is 0.690. The van der Waals surface area contributed by atoms with Crippen LogP contribution in [0.15, 0.2) is 12.1 Å². The summed E-state index contributed by atoms with van der Waals surface area (Å²) in [6.45, 7) is 3.21. The molecule has 0 spiro atoms. The number of hydrogen-bond donors (Lipinski definition) is 3. The third kappa shape index (κ3) is 2.50. The first kappa shape index (κ1) is 13.3. The number of methoxy groups -OCH3 is 1. The lowest BCUT2D eigenvalue weighted by Crippen LogP contribution is -2.22. The molecule has 0 aliphatic heterocycles. The summed E-state index contributed by atoms with van der Waals surface area (Å²) in [6, 6.07) is 2.39. The Labute approximate surface area is 99.3 Å². The summed E-state index contributed by atoms with van der Waals surface area (Å²) >= 11 is 0. The number of phenolic OH excluding ortho intramolecular Hbond substituents is 2. The smallest absolute Gasteiger partial charge is 0.341 e. The van der Waals surface area contributed by atoms with E-state index in [0.717, 1.165) is 6.07 Å². The van der Waals surface area contributed by atoms with Gasteiger partial charge in [-0.25, -0.2) is 4.79 Å². The second-order valence-corrected chi connectivity index (χ2v) is 4.42. The third-order valence-corrected chi connectivity index (χ3v) is 2.64. The van der Waals surface area contributed by atoms with E-state index in [1.807, 2.05) is 0 Å². The summed E-state index contributed by atoms with van der Waals surface area (Å²) in [5.41, 5.74) is -0.388. The molecule has 0 aliphatic carbocycles. The van der Waals surface area contributed by atoms with Crippen LogP contribution in [0.2, 0.25) is 0 Å². The third-order valence-electron chi connectivity index (χ3n) is 2.64. The molecule has 0 heterocycles. The van der Waals surface area contributed by atoms with E-state index in [1.54, 1.807) is 13.8 Å². The Balaban J connectivity index is 3.39. The fraction of sp³-hybridized carbons (Fsp3) is 0.417. The molecule has 0 saturated heterocycles. The lowest BCUT2D eigenvalue weighted by atomic mass is 9.84. The van der Waals surface area contributed by atoms with Gasteiger partial charge in [-0.05, 0) is 6.07 Å². The molecule has 0 saturated carbocycles. The second-order valence-electron chi connectivity index (χ2n) is 4.42. The van der Waals surface area contributed by atoms with Crippen LogP contribution in [0.3, 0.4) is 0 Å². The number of benzene rings is 1. The van der Waals surface area contributed by atoms with Crippen LogP contribution < -0.4 is 0 Å². The molecule has 0 fully saturated rings. The molecule has 94 valence electrons. The minimum absolute atomic E-state index is 0.0400. The van der Waals surface area contributed by atoms with E-state index < -0.39 is 11.4 Å². The number of hydrogen-bond acceptors (Lipinski definition) is 5.